The summed E-state index contributed by atoms with van der Waals surface area (Å²) in [6.45, 7) is 1.40. The summed E-state index contributed by atoms with van der Waals surface area (Å²) in [5.74, 6) is -0.160. The molecule has 0 saturated heterocycles. The summed E-state index contributed by atoms with van der Waals surface area (Å²) >= 11 is 0. The third-order valence-electron chi connectivity index (χ3n) is 1.08. The van der Waals surface area contributed by atoms with Crippen LogP contribution in [0.15, 0.2) is 6.20 Å². The van der Waals surface area contributed by atoms with Crippen molar-refractivity contribution in [3.8, 4) is 6.01 Å². The van der Waals surface area contributed by atoms with Gasteiger partial charge in [-0.15, -0.1) is 5.10 Å². The molecular formula is C6H7N3O2. The monoisotopic (exact) mass is 153 g/mol. The van der Waals surface area contributed by atoms with Crippen molar-refractivity contribution in [1.29, 1.82) is 0 Å². The number of aromatic nitrogens is 3. The molecule has 1 heterocycles. The van der Waals surface area contributed by atoms with Crippen LogP contribution in [-0.4, -0.2) is 28.1 Å². The average Bonchev–Trinajstić information content (AvgIpc) is 2.05. The normalized spacial score (nSPS) is 9.27. The van der Waals surface area contributed by atoms with Crippen molar-refractivity contribution in [3.63, 3.8) is 0 Å². The molecule has 0 amide bonds. The van der Waals surface area contributed by atoms with Crippen LogP contribution in [0.3, 0.4) is 0 Å². The van der Waals surface area contributed by atoms with E-state index in [0.29, 0.717) is 0 Å². The van der Waals surface area contributed by atoms with Gasteiger partial charge in [0.2, 0.25) is 0 Å². The quantitative estimate of drug-likeness (QED) is 0.563. The highest BCUT2D eigenvalue weighted by Gasteiger charge is 2.02. The molecule has 0 spiro atoms. The lowest BCUT2D eigenvalue weighted by Crippen LogP contribution is -2.01. The summed E-state index contributed by atoms with van der Waals surface area (Å²) in [6.07, 6.45) is 1.33. The maximum Gasteiger partial charge on any atom is 0.335 e. The van der Waals surface area contributed by atoms with Crippen LogP contribution in [0, 0.1) is 0 Å². The number of carbonyl (C=O) groups is 1. The fourth-order valence-electron chi connectivity index (χ4n) is 0.519. The third kappa shape index (κ3) is 1.70. The van der Waals surface area contributed by atoms with E-state index in [1.54, 1.807) is 0 Å². The van der Waals surface area contributed by atoms with Crippen molar-refractivity contribution in [1.82, 2.24) is 15.2 Å². The molecule has 5 heteroatoms. The van der Waals surface area contributed by atoms with Gasteiger partial charge in [-0.1, -0.05) is 5.10 Å². The molecule has 0 bridgehead atoms. The first-order chi connectivity index (χ1) is 5.24. The molecule has 1 aromatic heterocycles. The van der Waals surface area contributed by atoms with Crippen molar-refractivity contribution in [2.75, 3.05) is 7.11 Å². The SMILES string of the molecule is COc1ncc(C(C)=O)nn1. The molecule has 0 radical (unpaired) electrons. The fourth-order valence-corrected chi connectivity index (χ4v) is 0.519. The minimum atomic E-state index is -0.160. The van der Waals surface area contributed by atoms with Gasteiger partial charge in [0.25, 0.3) is 0 Å². The number of hydrogen-bond donors (Lipinski definition) is 0. The highest BCUT2D eigenvalue weighted by molar-refractivity contribution is 5.91. The van der Waals surface area contributed by atoms with Crippen LogP contribution < -0.4 is 4.74 Å². The summed E-state index contributed by atoms with van der Waals surface area (Å²) in [5, 5.41) is 7.08. The zero-order valence-corrected chi connectivity index (χ0v) is 6.24. The second-order valence-corrected chi connectivity index (χ2v) is 1.89. The van der Waals surface area contributed by atoms with E-state index < -0.39 is 0 Å². The molecule has 11 heavy (non-hydrogen) atoms. The molecule has 0 aliphatic carbocycles. The van der Waals surface area contributed by atoms with Gasteiger partial charge >= 0.3 is 6.01 Å². The highest BCUT2D eigenvalue weighted by Crippen LogP contribution is 1.97. The molecule has 58 valence electrons. The lowest BCUT2D eigenvalue weighted by molar-refractivity contribution is 0.101. The Morgan fingerprint density at radius 3 is 2.64 bits per heavy atom. The first-order valence-corrected chi connectivity index (χ1v) is 2.98. The van der Waals surface area contributed by atoms with Gasteiger partial charge in [0, 0.05) is 6.92 Å². The van der Waals surface area contributed by atoms with E-state index >= 15 is 0 Å². The maximum absolute atomic E-state index is 10.7. The molecule has 0 fully saturated rings. The number of methoxy groups -OCH3 is 1. The van der Waals surface area contributed by atoms with E-state index in [-0.39, 0.29) is 17.5 Å². The minimum absolute atomic E-state index is 0.160. The lowest BCUT2D eigenvalue weighted by Gasteiger charge is -1.94. The Morgan fingerprint density at radius 2 is 2.27 bits per heavy atom. The van der Waals surface area contributed by atoms with Gasteiger partial charge in [0.1, 0.15) is 5.69 Å². The Bertz CT molecular complexity index is 257. The summed E-state index contributed by atoms with van der Waals surface area (Å²) in [6, 6.07) is 0.162. The molecule has 0 atom stereocenters. The number of hydrogen-bond acceptors (Lipinski definition) is 5. The summed E-state index contributed by atoms with van der Waals surface area (Å²) in [4.78, 5) is 14.4. The molecule has 1 aromatic rings. The van der Waals surface area contributed by atoms with Gasteiger partial charge in [-0.3, -0.25) is 4.79 Å². The van der Waals surface area contributed by atoms with E-state index in [1.807, 2.05) is 0 Å². The maximum atomic E-state index is 10.7. The van der Waals surface area contributed by atoms with E-state index in [1.165, 1.54) is 20.2 Å². The van der Waals surface area contributed by atoms with Gasteiger partial charge in [-0.2, -0.15) is 4.98 Å². The molecule has 1 rings (SSSR count). The van der Waals surface area contributed by atoms with Gasteiger partial charge in [0.05, 0.1) is 13.3 Å². The van der Waals surface area contributed by atoms with Crippen molar-refractivity contribution < 1.29 is 9.53 Å². The van der Waals surface area contributed by atoms with Crippen molar-refractivity contribution in [3.05, 3.63) is 11.9 Å². The molecule has 0 aromatic carbocycles. The van der Waals surface area contributed by atoms with Crippen LogP contribution in [-0.2, 0) is 0 Å². The standard InChI is InChI=1S/C6H7N3O2/c1-4(10)5-3-7-6(11-2)9-8-5/h3H,1-2H3. The summed E-state index contributed by atoms with van der Waals surface area (Å²) in [5.41, 5.74) is 0.241. The molecule has 0 saturated carbocycles. The zero-order chi connectivity index (χ0) is 8.27. The van der Waals surface area contributed by atoms with Crippen molar-refractivity contribution in [2.45, 2.75) is 6.92 Å². The Hall–Kier alpha value is -1.52. The number of ketones is 1. The topological polar surface area (TPSA) is 65.0 Å². The predicted octanol–water partition coefficient (Wildman–Crippen LogP) is 0.0828. The predicted molar refractivity (Wildman–Crippen MR) is 36.4 cm³/mol. The van der Waals surface area contributed by atoms with Gasteiger partial charge in [0.15, 0.2) is 5.78 Å². The van der Waals surface area contributed by atoms with Crippen LogP contribution in [0.5, 0.6) is 6.01 Å². The first-order valence-electron chi connectivity index (χ1n) is 2.98. The molecule has 0 aliphatic rings. The zero-order valence-electron chi connectivity index (χ0n) is 6.24. The smallest absolute Gasteiger partial charge is 0.335 e. The molecule has 0 N–H and O–H groups in total. The summed E-state index contributed by atoms with van der Waals surface area (Å²) in [7, 11) is 1.43. The number of rotatable bonds is 2. The number of nitrogens with zero attached hydrogens (tertiary/aromatic N) is 3. The second-order valence-electron chi connectivity index (χ2n) is 1.89. The fraction of sp³-hybridized carbons (Fsp3) is 0.333. The first kappa shape index (κ1) is 7.59. The lowest BCUT2D eigenvalue weighted by atomic mass is 10.3. The number of ether oxygens (including phenoxy) is 1. The Labute approximate surface area is 63.4 Å². The van der Waals surface area contributed by atoms with Gasteiger partial charge in [-0.05, 0) is 0 Å². The Balaban J connectivity index is 2.91. The van der Waals surface area contributed by atoms with E-state index in [4.69, 9.17) is 0 Å². The van der Waals surface area contributed by atoms with Crippen LogP contribution in [0.2, 0.25) is 0 Å². The van der Waals surface area contributed by atoms with Crippen LogP contribution in [0.4, 0.5) is 0 Å². The van der Waals surface area contributed by atoms with Crippen molar-refractivity contribution in [2.24, 2.45) is 0 Å². The van der Waals surface area contributed by atoms with E-state index in [0.717, 1.165) is 0 Å². The molecule has 0 aliphatic heterocycles. The highest BCUT2D eigenvalue weighted by atomic mass is 16.5. The third-order valence-corrected chi connectivity index (χ3v) is 1.08. The Kier molecular flexibility index (Phi) is 2.10. The minimum Gasteiger partial charge on any atom is -0.466 e. The molecule has 0 unspecified atom stereocenters. The number of carbonyl (C=O) groups excluding carboxylic acids is 1. The average molecular weight is 153 g/mol. The van der Waals surface area contributed by atoms with E-state index in [2.05, 4.69) is 19.9 Å². The molecular weight excluding hydrogens is 146 g/mol. The van der Waals surface area contributed by atoms with E-state index in [9.17, 15) is 4.79 Å². The van der Waals surface area contributed by atoms with Crippen LogP contribution >= 0.6 is 0 Å². The second kappa shape index (κ2) is 3.05. The summed E-state index contributed by atoms with van der Waals surface area (Å²) < 4.78 is 4.65. The number of Topliss-reactive ketones (excluding diaryl/α,β-unsaturated/α-hetero) is 1. The Morgan fingerprint density at radius 1 is 1.55 bits per heavy atom. The van der Waals surface area contributed by atoms with Gasteiger partial charge in [-0.25, -0.2) is 0 Å². The van der Waals surface area contributed by atoms with Crippen LogP contribution in [0.25, 0.3) is 0 Å². The van der Waals surface area contributed by atoms with Gasteiger partial charge < -0.3 is 4.74 Å². The largest absolute Gasteiger partial charge is 0.466 e. The van der Waals surface area contributed by atoms with Crippen molar-refractivity contribution >= 4 is 5.78 Å². The molecule has 5 nitrogen and oxygen atoms in total. The van der Waals surface area contributed by atoms with Crippen LogP contribution in [0.1, 0.15) is 17.4 Å².